The molecule has 0 saturated heterocycles. The van der Waals surface area contributed by atoms with Crippen LogP contribution in [0.2, 0.25) is 0 Å². The molecule has 0 spiro atoms. The molecule has 0 radical (unpaired) electrons. The summed E-state index contributed by atoms with van der Waals surface area (Å²) in [5, 5.41) is 11.1. The predicted octanol–water partition coefficient (Wildman–Crippen LogP) is 5.03. The van der Waals surface area contributed by atoms with Crippen molar-refractivity contribution in [3.05, 3.63) is 83.0 Å². The highest BCUT2D eigenvalue weighted by molar-refractivity contribution is 5.66. The van der Waals surface area contributed by atoms with Crippen LogP contribution in [0.15, 0.2) is 59.3 Å². The van der Waals surface area contributed by atoms with E-state index in [4.69, 9.17) is 18.9 Å². The van der Waals surface area contributed by atoms with Crippen molar-refractivity contribution in [2.45, 2.75) is 32.7 Å². The number of halogens is 3. The van der Waals surface area contributed by atoms with E-state index in [0.29, 0.717) is 59.2 Å². The summed E-state index contributed by atoms with van der Waals surface area (Å²) < 4.78 is 56.4. The molecule has 0 saturated carbocycles. The van der Waals surface area contributed by atoms with Gasteiger partial charge in [-0.2, -0.15) is 17.7 Å². The minimum atomic E-state index is -4.37. The van der Waals surface area contributed by atoms with E-state index in [1.807, 2.05) is 19.1 Å². The standard InChI is InChI=1S/C27H26F3N7O3/c1-16-23(25-32-10-11-40-25)35-26(33-14-18-6-9-20(38-2)12-21(18)39-3)37-24(16)34-22(36-37)15-31-13-17-4-7-19(8-5-17)27(28,29)30/h4-12,31H,13-15H2,1-3H3,(H,33,35). The van der Waals surface area contributed by atoms with Crippen LogP contribution in [0.5, 0.6) is 11.5 Å². The van der Waals surface area contributed by atoms with Crippen molar-refractivity contribution >= 4 is 11.6 Å². The molecule has 0 aliphatic carbocycles. The predicted molar refractivity (Wildman–Crippen MR) is 140 cm³/mol. The van der Waals surface area contributed by atoms with E-state index in [-0.39, 0.29) is 6.54 Å². The Balaban J connectivity index is 1.39. The minimum absolute atomic E-state index is 0.280. The van der Waals surface area contributed by atoms with Crippen LogP contribution in [0.1, 0.15) is 28.1 Å². The molecular weight excluding hydrogens is 527 g/mol. The van der Waals surface area contributed by atoms with Crippen molar-refractivity contribution in [1.82, 2.24) is 29.9 Å². The molecule has 0 bridgehead atoms. The van der Waals surface area contributed by atoms with Gasteiger partial charge in [-0.25, -0.2) is 15.0 Å². The molecule has 0 aliphatic heterocycles. The number of rotatable bonds is 10. The highest BCUT2D eigenvalue weighted by Gasteiger charge is 2.29. The highest BCUT2D eigenvalue weighted by atomic mass is 19.4. The van der Waals surface area contributed by atoms with Crippen molar-refractivity contribution in [2.75, 3.05) is 19.5 Å². The van der Waals surface area contributed by atoms with Crippen molar-refractivity contribution in [2.24, 2.45) is 0 Å². The van der Waals surface area contributed by atoms with E-state index in [1.54, 1.807) is 24.8 Å². The molecule has 5 rings (SSSR count). The minimum Gasteiger partial charge on any atom is -0.497 e. The summed E-state index contributed by atoms with van der Waals surface area (Å²) in [4.78, 5) is 13.7. The van der Waals surface area contributed by atoms with Gasteiger partial charge in [-0.05, 0) is 36.8 Å². The summed E-state index contributed by atoms with van der Waals surface area (Å²) in [6.07, 6.45) is -1.36. The van der Waals surface area contributed by atoms with E-state index >= 15 is 0 Å². The molecule has 0 atom stereocenters. The van der Waals surface area contributed by atoms with Crippen LogP contribution in [0, 0.1) is 6.92 Å². The molecule has 208 valence electrons. The van der Waals surface area contributed by atoms with E-state index in [9.17, 15) is 13.2 Å². The number of alkyl halides is 3. The van der Waals surface area contributed by atoms with Gasteiger partial charge in [0.15, 0.2) is 11.5 Å². The Hall–Kier alpha value is -4.65. The maximum absolute atomic E-state index is 12.8. The molecular formula is C27H26F3N7O3. The van der Waals surface area contributed by atoms with Gasteiger partial charge in [0, 0.05) is 30.3 Å². The van der Waals surface area contributed by atoms with Crippen molar-refractivity contribution in [3.8, 4) is 23.1 Å². The molecule has 3 heterocycles. The lowest BCUT2D eigenvalue weighted by molar-refractivity contribution is -0.137. The number of hydrogen-bond donors (Lipinski definition) is 2. The number of ether oxygens (including phenoxy) is 2. The van der Waals surface area contributed by atoms with E-state index in [2.05, 4.69) is 25.7 Å². The van der Waals surface area contributed by atoms with Gasteiger partial charge in [-0.3, -0.25) is 0 Å². The van der Waals surface area contributed by atoms with Crippen molar-refractivity contribution in [1.29, 1.82) is 0 Å². The highest BCUT2D eigenvalue weighted by Crippen LogP contribution is 2.30. The van der Waals surface area contributed by atoms with E-state index in [0.717, 1.165) is 23.3 Å². The first-order chi connectivity index (χ1) is 19.3. The third-order valence-corrected chi connectivity index (χ3v) is 6.22. The summed E-state index contributed by atoms with van der Waals surface area (Å²) in [6.45, 7) is 2.84. The normalized spacial score (nSPS) is 11.7. The third kappa shape index (κ3) is 5.69. The average molecular weight is 554 g/mol. The molecule has 3 aromatic heterocycles. The summed E-state index contributed by atoms with van der Waals surface area (Å²) in [6, 6.07) is 10.5. The van der Waals surface area contributed by atoms with Crippen LogP contribution in [-0.4, -0.2) is 38.8 Å². The molecule has 2 aromatic carbocycles. The zero-order valence-electron chi connectivity index (χ0n) is 21.9. The number of hydrogen-bond acceptors (Lipinski definition) is 9. The Bertz CT molecular complexity index is 1600. The molecule has 0 unspecified atom stereocenters. The van der Waals surface area contributed by atoms with Gasteiger partial charge < -0.3 is 24.5 Å². The maximum Gasteiger partial charge on any atom is 0.416 e. The summed E-state index contributed by atoms with van der Waals surface area (Å²) in [7, 11) is 3.17. The molecule has 10 nitrogen and oxygen atoms in total. The van der Waals surface area contributed by atoms with Crippen LogP contribution in [0.4, 0.5) is 19.1 Å². The fraction of sp³-hybridized carbons (Fsp3) is 0.259. The zero-order valence-corrected chi connectivity index (χ0v) is 21.9. The van der Waals surface area contributed by atoms with Gasteiger partial charge >= 0.3 is 6.18 Å². The smallest absolute Gasteiger partial charge is 0.416 e. The number of benzene rings is 2. The first-order valence-electron chi connectivity index (χ1n) is 12.2. The molecule has 13 heteroatoms. The first kappa shape index (κ1) is 26.9. The number of methoxy groups -OCH3 is 2. The first-order valence-corrected chi connectivity index (χ1v) is 12.2. The molecule has 0 fully saturated rings. The number of aryl methyl sites for hydroxylation is 1. The molecule has 5 aromatic rings. The number of anilines is 1. The summed E-state index contributed by atoms with van der Waals surface area (Å²) >= 11 is 0. The average Bonchev–Trinajstić information content (AvgIpc) is 3.63. The Labute approximate surface area is 227 Å². The molecule has 0 amide bonds. The SMILES string of the molecule is COc1ccc(CNc2nc(-c3ncco3)c(C)c3nc(CNCc4ccc(C(F)(F)F)cc4)nn23)c(OC)c1. The zero-order chi connectivity index (χ0) is 28.3. The van der Waals surface area contributed by atoms with Gasteiger partial charge in [0.05, 0.1) is 32.5 Å². The molecule has 2 N–H and O–H groups in total. The Kier molecular flexibility index (Phi) is 7.56. The summed E-state index contributed by atoms with van der Waals surface area (Å²) in [5.41, 5.74) is 2.68. The third-order valence-electron chi connectivity index (χ3n) is 6.22. The van der Waals surface area contributed by atoms with Crippen molar-refractivity contribution < 1.29 is 27.1 Å². The van der Waals surface area contributed by atoms with Gasteiger partial charge in [-0.15, -0.1) is 5.10 Å². The Morgan fingerprint density at radius 1 is 0.975 bits per heavy atom. The summed E-state index contributed by atoms with van der Waals surface area (Å²) in [5.74, 6) is 2.55. The number of oxazole rings is 1. The Morgan fingerprint density at radius 2 is 1.77 bits per heavy atom. The van der Waals surface area contributed by atoms with Gasteiger partial charge in [0.1, 0.15) is 23.5 Å². The maximum atomic E-state index is 12.8. The molecule has 0 aliphatic rings. The van der Waals surface area contributed by atoms with Crippen LogP contribution < -0.4 is 20.1 Å². The van der Waals surface area contributed by atoms with Gasteiger partial charge in [0.25, 0.3) is 0 Å². The number of nitrogens with one attached hydrogen (secondary N) is 2. The lowest BCUT2D eigenvalue weighted by Crippen LogP contribution is -2.14. The van der Waals surface area contributed by atoms with E-state index in [1.165, 1.54) is 24.6 Å². The second kappa shape index (κ2) is 11.2. The second-order valence-corrected chi connectivity index (χ2v) is 8.84. The lowest BCUT2D eigenvalue weighted by Gasteiger charge is -2.13. The van der Waals surface area contributed by atoms with Gasteiger partial charge in [0.2, 0.25) is 11.8 Å². The lowest BCUT2D eigenvalue weighted by atomic mass is 10.1. The van der Waals surface area contributed by atoms with Crippen LogP contribution >= 0.6 is 0 Å². The molecule has 40 heavy (non-hydrogen) atoms. The van der Waals surface area contributed by atoms with E-state index < -0.39 is 11.7 Å². The fourth-order valence-electron chi connectivity index (χ4n) is 4.13. The fourth-order valence-corrected chi connectivity index (χ4v) is 4.13. The quantitative estimate of drug-likeness (QED) is 0.246. The largest absolute Gasteiger partial charge is 0.497 e. The van der Waals surface area contributed by atoms with Crippen LogP contribution in [0.3, 0.4) is 0 Å². The number of aromatic nitrogens is 5. The van der Waals surface area contributed by atoms with Crippen LogP contribution in [-0.2, 0) is 25.8 Å². The number of nitrogens with zero attached hydrogens (tertiary/aromatic N) is 5. The van der Waals surface area contributed by atoms with Crippen LogP contribution in [0.25, 0.3) is 17.2 Å². The number of fused-ring (bicyclic) bond motifs is 1. The van der Waals surface area contributed by atoms with Crippen molar-refractivity contribution in [3.63, 3.8) is 0 Å². The second-order valence-electron chi connectivity index (χ2n) is 8.84. The van der Waals surface area contributed by atoms with Gasteiger partial charge in [-0.1, -0.05) is 12.1 Å². The monoisotopic (exact) mass is 553 g/mol. The Morgan fingerprint density at radius 3 is 2.45 bits per heavy atom. The topological polar surface area (TPSA) is 112 Å².